The van der Waals surface area contributed by atoms with E-state index in [1.54, 1.807) is 0 Å². The molecule has 0 fully saturated rings. The highest BCUT2D eigenvalue weighted by atomic mass is 16.3. The first-order valence-electron chi connectivity index (χ1n) is 4.94. The van der Waals surface area contributed by atoms with Gasteiger partial charge in [0.05, 0.1) is 0 Å². The largest absolute Gasteiger partial charge is 0.508 e. The summed E-state index contributed by atoms with van der Waals surface area (Å²) in [5.74, 6) is 0.403. The van der Waals surface area contributed by atoms with Crippen LogP contribution in [0.3, 0.4) is 0 Å². The average Bonchev–Trinajstić information content (AvgIpc) is 2.20. The lowest BCUT2D eigenvalue weighted by Gasteiger charge is -2.09. The van der Waals surface area contributed by atoms with E-state index >= 15 is 0 Å². The van der Waals surface area contributed by atoms with Crippen molar-refractivity contribution in [3.8, 4) is 5.75 Å². The zero-order chi connectivity index (χ0) is 10.1. The molecule has 0 spiro atoms. The standard InChI is InChI=1S/C13H14O/c1-3-11-9(2)13(14)8-10-6-4-5-7-12(10)11/h4-8,14H,3H2,1-2H3. The fourth-order valence-corrected chi connectivity index (χ4v) is 1.97. The molecular formula is C13H14O. The summed E-state index contributed by atoms with van der Waals surface area (Å²) in [6, 6.07) is 10.0. The molecule has 1 nitrogen and oxygen atoms in total. The number of benzene rings is 2. The Labute approximate surface area is 84.0 Å². The van der Waals surface area contributed by atoms with Crippen LogP contribution in [0.2, 0.25) is 0 Å². The van der Waals surface area contributed by atoms with Crippen molar-refractivity contribution in [3.63, 3.8) is 0 Å². The van der Waals surface area contributed by atoms with E-state index < -0.39 is 0 Å². The second-order valence-electron chi connectivity index (χ2n) is 3.57. The molecule has 0 radical (unpaired) electrons. The quantitative estimate of drug-likeness (QED) is 0.723. The van der Waals surface area contributed by atoms with Crippen LogP contribution in [0.5, 0.6) is 5.75 Å². The summed E-state index contributed by atoms with van der Waals surface area (Å²) in [7, 11) is 0. The van der Waals surface area contributed by atoms with Gasteiger partial charge in [0.15, 0.2) is 0 Å². The molecule has 0 aliphatic rings. The molecule has 0 heterocycles. The van der Waals surface area contributed by atoms with Gasteiger partial charge >= 0.3 is 0 Å². The minimum absolute atomic E-state index is 0.403. The van der Waals surface area contributed by atoms with Gasteiger partial charge in [0.25, 0.3) is 0 Å². The van der Waals surface area contributed by atoms with Crippen LogP contribution in [0.1, 0.15) is 18.1 Å². The van der Waals surface area contributed by atoms with Crippen LogP contribution in [0.15, 0.2) is 30.3 Å². The highest BCUT2D eigenvalue weighted by molar-refractivity contribution is 5.88. The zero-order valence-electron chi connectivity index (χ0n) is 8.54. The summed E-state index contributed by atoms with van der Waals surface area (Å²) in [6.45, 7) is 4.09. The normalized spacial score (nSPS) is 10.7. The molecule has 1 N–H and O–H groups in total. The molecule has 0 aliphatic heterocycles. The van der Waals surface area contributed by atoms with Crippen molar-refractivity contribution < 1.29 is 5.11 Å². The van der Waals surface area contributed by atoms with E-state index in [0.717, 1.165) is 17.4 Å². The molecule has 0 saturated heterocycles. The van der Waals surface area contributed by atoms with Crippen molar-refractivity contribution in [1.82, 2.24) is 0 Å². The van der Waals surface area contributed by atoms with Gasteiger partial charge in [-0.2, -0.15) is 0 Å². The van der Waals surface area contributed by atoms with Gasteiger partial charge in [-0.3, -0.25) is 0 Å². The van der Waals surface area contributed by atoms with Crippen LogP contribution in [-0.4, -0.2) is 5.11 Å². The van der Waals surface area contributed by atoms with Crippen LogP contribution in [0.4, 0.5) is 0 Å². The highest BCUT2D eigenvalue weighted by Gasteiger charge is 2.06. The van der Waals surface area contributed by atoms with Crippen LogP contribution in [-0.2, 0) is 6.42 Å². The third-order valence-corrected chi connectivity index (χ3v) is 2.77. The number of phenolic OH excluding ortho intramolecular Hbond substituents is 1. The first-order valence-corrected chi connectivity index (χ1v) is 4.94. The van der Waals surface area contributed by atoms with E-state index in [4.69, 9.17) is 0 Å². The predicted molar refractivity (Wildman–Crippen MR) is 59.7 cm³/mol. The van der Waals surface area contributed by atoms with Crippen LogP contribution >= 0.6 is 0 Å². The summed E-state index contributed by atoms with van der Waals surface area (Å²) in [5, 5.41) is 12.1. The molecular weight excluding hydrogens is 172 g/mol. The molecule has 0 atom stereocenters. The van der Waals surface area contributed by atoms with Gasteiger partial charge in [0, 0.05) is 0 Å². The molecule has 0 amide bonds. The molecule has 0 aliphatic carbocycles. The number of hydrogen-bond acceptors (Lipinski definition) is 1. The third kappa shape index (κ3) is 1.25. The fraction of sp³-hybridized carbons (Fsp3) is 0.231. The van der Waals surface area contributed by atoms with E-state index in [1.807, 2.05) is 31.2 Å². The summed E-state index contributed by atoms with van der Waals surface area (Å²) in [5.41, 5.74) is 2.26. The van der Waals surface area contributed by atoms with Crippen molar-refractivity contribution in [3.05, 3.63) is 41.5 Å². The Morgan fingerprint density at radius 2 is 1.93 bits per heavy atom. The molecule has 2 rings (SSSR count). The van der Waals surface area contributed by atoms with E-state index in [1.165, 1.54) is 10.9 Å². The third-order valence-electron chi connectivity index (χ3n) is 2.77. The molecule has 0 unspecified atom stereocenters. The van der Waals surface area contributed by atoms with E-state index in [-0.39, 0.29) is 0 Å². The van der Waals surface area contributed by atoms with Gasteiger partial charge in [0.1, 0.15) is 5.75 Å². The smallest absolute Gasteiger partial charge is 0.119 e. The van der Waals surface area contributed by atoms with Crippen molar-refractivity contribution in [2.75, 3.05) is 0 Å². The maximum absolute atomic E-state index is 9.73. The number of aromatic hydroxyl groups is 1. The Morgan fingerprint density at radius 3 is 2.64 bits per heavy atom. The van der Waals surface area contributed by atoms with Gasteiger partial charge < -0.3 is 5.11 Å². The van der Waals surface area contributed by atoms with Crippen molar-refractivity contribution in [2.24, 2.45) is 0 Å². The number of phenols is 1. The topological polar surface area (TPSA) is 20.2 Å². The lowest BCUT2D eigenvalue weighted by atomic mass is 9.97. The number of rotatable bonds is 1. The zero-order valence-corrected chi connectivity index (χ0v) is 8.54. The Balaban J connectivity index is 2.89. The molecule has 2 aromatic carbocycles. The van der Waals surface area contributed by atoms with Crippen molar-refractivity contribution in [1.29, 1.82) is 0 Å². The summed E-state index contributed by atoms with van der Waals surface area (Å²) in [6.07, 6.45) is 0.959. The van der Waals surface area contributed by atoms with Gasteiger partial charge in [0.2, 0.25) is 0 Å². The molecule has 1 heteroatoms. The molecule has 72 valence electrons. The fourth-order valence-electron chi connectivity index (χ4n) is 1.97. The lowest BCUT2D eigenvalue weighted by molar-refractivity contribution is 0.471. The maximum Gasteiger partial charge on any atom is 0.119 e. The molecule has 0 aromatic heterocycles. The van der Waals surface area contributed by atoms with Crippen molar-refractivity contribution in [2.45, 2.75) is 20.3 Å². The summed E-state index contributed by atoms with van der Waals surface area (Å²) in [4.78, 5) is 0. The number of hydrogen-bond donors (Lipinski definition) is 1. The Hall–Kier alpha value is -1.50. The summed E-state index contributed by atoms with van der Waals surface area (Å²) < 4.78 is 0. The van der Waals surface area contributed by atoms with E-state index in [2.05, 4.69) is 13.0 Å². The van der Waals surface area contributed by atoms with Gasteiger partial charge in [-0.15, -0.1) is 0 Å². The predicted octanol–water partition coefficient (Wildman–Crippen LogP) is 3.42. The average molecular weight is 186 g/mol. The molecule has 2 aromatic rings. The number of aryl methyl sites for hydroxylation is 1. The van der Waals surface area contributed by atoms with Crippen LogP contribution in [0.25, 0.3) is 10.8 Å². The van der Waals surface area contributed by atoms with Crippen LogP contribution in [0, 0.1) is 6.92 Å². The van der Waals surface area contributed by atoms with Gasteiger partial charge in [-0.25, -0.2) is 0 Å². The Bertz CT molecular complexity index is 472. The number of fused-ring (bicyclic) bond motifs is 1. The second kappa shape index (κ2) is 3.33. The first kappa shape index (κ1) is 9.07. The molecule has 0 bridgehead atoms. The first-order chi connectivity index (χ1) is 6.74. The SMILES string of the molecule is CCc1c(C)c(O)cc2ccccc12. The summed E-state index contributed by atoms with van der Waals surface area (Å²) >= 11 is 0. The lowest BCUT2D eigenvalue weighted by Crippen LogP contribution is -1.89. The van der Waals surface area contributed by atoms with Crippen molar-refractivity contribution >= 4 is 10.8 Å². The van der Waals surface area contributed by atoms with Gasteiger partial charge in [-0.05, 0) is 41.3 Å². The Kier molecular flexibility index (Phi) is 2.16. The molecule has 14 heavy (non-hydrogen) atoms. The van der Waals surface area contributed by atoms with E-state index in [0.29, 0.717) is 5.75 Å². The Morgan fingerprint density at radius 1 is 1.21 bits per heavy atom. The van der Waals surface area contributed by atoms with Gasteiger partial charge in [-0.1, -0.05) is 31.2 Å². The minimum Gasteiger partial charge on any atom is -0.508 e. The highest BCUT2D eigenvalue weighted by Crippen LogP contribution is 2.29. The second-order valence-corrected chi connectivity index (χ2v) is 3.57. The van der Waals surface area contributed by atoms with Crippen LogP contribution < -0.4 is 0 Å². The molecule has 0 saturated carbocycles. The monoisotopic (exact) mass is 186 g/mol. The van der Waals surface area contributed by atoms with E-state index in [9.17, 15) is 5.11 Å². The maximum atomic E-state index is 9.73. The minimum atomic E-state index is 0.403.